The molecule has 128 valence electrons. The molecule has 2 aromatic heterocycles. The number of nitrogens with one attached hydrogen (secondary N) is 1. The van der Waals surface area contributed by atoms with Gasteiger partial charge in [0.2, 0.25) is 5.13 Å². The van der Waals surface area contributed by atoms with Crippen LogP contribution in [0.1, 0.15) is 71.8 Å². The lowest BCUT2D eigenvalue weighted by atomic mass is 9.72. The minimum atomic E-state index is -0.0276. The van der Waals surface area contributed by atoms with Gasteiger partial charge in [-0.15, -0.1) is 21.5 Å². The Morgan fingerprint density at radius 1 is 1.25 bits per heavy atom. The van der Waals surface area contributed by atoms with Crippen LogP contribution in [0.4, 0.5) is 5.13 Å². The van der Waals surface area contributed by atoms with Gasteiger partial charge < -0.3 is 0 Å². The maximum Gasteiger partial charge on any atom is 0.258 e. The fourth-order valence-electron chi connectivity index (χ4n) is 3.39. The second kappa shape index (κ2) is 5.92. The summed E-state index contributed by atoms with van der Waals surface area (Å²) in [5.41, 5.74) is 2.42. The Hall–Kier alpha value is -1.27. The number of fused-ring (bicyclic) bond motifs is 1. The summed E-state index contributed by atoms with van der Waals surface area (Å²) < 4.78 is 0. The van der Waals surface area contributed by atoms with E-state index in [0.717, 1.165) is 29.8 Å². The molecule has 1 atom stereocenters. The summed E-state index contributed by atoms with van der Waals surface area (Å²) in [5.74, 6) is 1.25. The van der Waals surface area contributed by atoms with Crippen molar-refractivity contribution >= 4 is 33.7 Å². The van der Waals surface area contributed by atoms with Crippen LogP contribution in [0.2, 0.25) is 0 Å². The number of anilines is 1. The van der Waals surface area contributed by atoms with E-state index in [2.05, 4.69) is 36.3 Å². The molecule has 24 heavy (non-hydrogen) atoms. The number of rotatable bonds is 3. The summed E-state index contributed by atoms with van der Waals surface area (Å²) in [4.78, 5) is 14.0. The third kappa shape index (κ3) is 3.14. The molecule has 0 aromatic carbocycles. The average Bonchev–Trinajstić information content (AvgIpc) is 3.12. The summed E-state index contributed by atoms with van der Waals surface area (Å²) in [6, 6.07) is 0. The third-order valence-electron chi connectivity index (χ3n) is 5.21. The van der Waals surface area contributed by atoms with Crippen molar-refractivity contribution in [2.24, 2.45) is 11.3 Å². The fraction of sp³-hybridized carbons (Fsp3) is 0.611. The van der Waals surface area contributed by atoms with Gasteiger partial charge in [0.25, 0.3) is 5.91 Å². The first kappa shape index (κ1) is 16.2. The molecule has 0 unspecified atom stereocenters. The van der Waals surface area contributed by atoms with E-state index < -0.39 is 0 Å². The van der Waals surface area contributed by atoms with Crippen molar-refractivity contribution in [1.29, 1.82) is 0 Å². The summed E-state index contributed by atoms with van der Waals surface area (Å²) in [6.07, 6.45) is 5.68. The zero-order valence-corrected chi connectivity index (χ0v) is 16.0. The molecular weight excluding hydrogens is 338 g/mol. The van der Waals surface area contributed by atoms with Gasteiger partial charge in [0, 0.05) is 16.2 Å². The van der Waals surface area contributed by atoms with Gasteiger partial charge in [-0.25, -0.2) is 0 Å². The van der Waals surface area contributed by atoms with Gasteiger partial charge in [-0.1, -0.05) is 32.1 Å². The highest BCUT2D eigenvalue weighted by molar-refractivity contribution is 7.15. The van der Waals surface area contributed by atoms with E-state index in [9.17, 15) is 4.79 Å². The minimum absolute atomic E-state index is 0.0276. The Labute approximate surface area is 150 Å². The second-order valence-corrected chi connectivity index (χ2v) is 10.0. The van der Waals surface area contributed by atoms with Crippen LogP contribution in [-0.4, -0.2) is 16.1 Å². The molecule has 1 amide bonds. The molecule has 6 heteroatoms. The number of hydrogen-bond acceptors (Lipinski definition) is 5. The van der Waals surface area contributed by atoms with Gasteiger partial charge >= 0.3 is 0 Å². The van der Waals surface area contributed by atoms with E-state index in [-0.39, 0.29) is 5.91 Å². The van der Waals surface area contributed by atoms with Crippen LogP contribution in [0, 0.1) is 11.3 Å². The quantitative estimate of drug-likeness (QED) is 0.847. The first-order chi connectivity index (χ1) is 11.4. The molecule has 0 aliphatic heterocycles. The lowest BCUT2D eigenvalue weighted by Gasteiger charge is -2.34. The van der Waals surface area contributed by atoms with E-state index in [1.54, 1.807) is 11.3 Å². The molecule has 1 saturated carbocycles. The molecule has 0 radical (unpaired) electrons. The van der Waals surface area contributed by atoms with Crippen LogP contribution in [-0.2, 0) is 12.8 Å². The van der Waals surface area contributed by atoms with Gasteiger partial charge in [-0.3, -0.25) is 10.1 Å². The van der Waals surface area contributed by atoms with Crippen molar-refractivity contribution in [2.75, 3.05) is 5.32 Å². The number of aromatic nitrogens is 2. The Balaban J connectivity index is 1.48. The lowest BCUT2D eigenvalue weighted by molar-refractivity contribution is 0.102. The minimum Gasteiger partial charge on any atom is -0.296 e. The van der Waals surface area contributed by atoms with Crippen molar-refractivity contribution in [3.63, 3.8) is 0 Å². The normalized spacial score (nSPS) is 20.7. The number of nitrogens with zero attached hydrogens (tertiary/aromatic N) is 2. The molecule has 0 bridgehead atoms. The first-order valence-electron chi connectivity index (χ1n) is 8.66. The second-order valence-electron chi connectivity index (χ2n) is 8.03. The average molecular weight is 362 g/mol. The van der Waals surface area contributed by atoms with Gasteiger partial charge in [-0.2, -0.15) is 0 Å². The zero-order valence-electron chi connectivity index (χ0n) is 14.4. The van der Waals surface area contributed by atoms with Crippen LogP contribution < -0.4 is 5.32 Å². The monoisotopic (exact) mass is 361 g/mol. The molecule has 2 aromatic rings. The molecule has 1 fully saturated rings. The van der Waals surface area contributed by atoms with Crippen molar-refractivity contribution in [3.8, 4) is 0 Å². The first-order valence-corrected chi connectivity index (χ1v) is 10.4. The van der Waals surface area contributed by atoms with Gasteiger partial charge in [0.15, 0.2) is 0 Å². The predicted octanol–water partition coefficient (Wildman–Crippen LogP) is 4.88. The van der Waals surface area contributed by atoms with Gasteiger partial charge in [0.05, 0.1) is 5.56 Å². The Morgan fingerprint density at radius 3 is 2.75 bits per heavy atom. The van der Waals surface area contributed by atoms with E-state index in [4.69, 9.17) is 0 Å². The standard InChI is InChI=1S/C18H23N3OS2/c1-18(2,3)11-6-7-12-13(9-23-14(12)8-11)15(22)19-17-21-20-16(24-17)10-4-5-10/h9-11H,4-8H2,1-3H3,(H,19,21,22)/t11-/m0/s1. The molecule has 0 saturated heterocycles. The molecule has 2 heterocycles. The lowest BCUT2D eigenvalue weighted by Crippen LogP contribution is -2.27. The van der Waals surface area contributed by atoms with Crippen LogP contribution in [0.5, 0.6) is 0 Å². The van der Waals surface area contributed by atoms with Crippen molar-refractivity contribution in [2.45, 2.75) is 58.8 Å². The zero-order chi connectivity index (χ0) is 16.9. The van der Waals surface area contributed by atoms with Crippen LogP contribution in [0.25, 0.3) is 0 Å². The third-order valence-corrected chi connectivity index (χ3v) is 7.26. The topological polar surface area (TPSA) is 54.9 Å². The highest BCUT2D eigenvalue weighted by Gasteiger charge is 2.32. The van der Waals surface area contributed by atoms with E-state index in [1.165, 1.54) is 34.6 Å². The van der Waals surface area contributed by atoms with Crippen LogP contribution in [0.3, 0.4) is 0 Å². The van der Waals surface area contributed by atoms with E-state index >= 15 is 0 Å². The molecule has 2 aliphatic rings. The molecular formula is C18H23N3OS2. The maximum absolute atomic E-state index is 12.7. The van der Waals surface area contributed by atoms with Crippen LogP contribution >= 0.6 is 22.7 Å². The SMILES string of the molecule is CC(C)(C)[C@H]1CCc2c(C(=O)Nc3nnc(C4CC4)s3)csc2C1. The fourth-order valence-corrected chi connectivity index (χ4v) is 5.46. The van der Waals surface area contributed by atoms with Crippen LogP contribution in [0.15, 0.2) is 5.38 Å². The predicted molar refractivity (Wildman–Crippen MR) is 99.1 cm³/mol. The Bertz CT molecular complexity index is 768. The molecule has 2 aliphatic carbocycles. The maximum atomic E-state index is 12.7. The molecule has 4 nitrogen and oxygen atoms in total. The summed E-state index contributed by atoms with van der Waals surface area (Å²) in [7, 11) is 0. The summed E-state index contributed by atoms with van der Waals surface area (Å²) >= 11 is 3.26. The van der Waals surface area contributed by atoms with E-state index in [1.807, 2.05) is 5.38 Å². The van der Waals surface area contributed by atoms with Crippen molar-refractivity contribution in [1.82, 2.24) is 10.2 Å². The highest BCUT2D eigenvalue weighted by atomic mass is 32.1. The van der Waals surface area contributed by atoms with Crippen molar-refractivity contribution < 1.29 is 4.79 Å². The highest BCUT2D eigenvalue weighted by Crippen LogP contribution is 2.43. The summed E-state index contributed by atoms with van der Waals surface area (Å²) in [5, 5.41) is 15.0. The Morgan fingerprint density at radius 2 is 2.04 bits per heavy atom. The number of carbonyl (C=O) groups is 1. The van der Waals surface area contributed by atoms with E-state index in [0.29, 0.717) is 22.4 Å². The largest absolute Gasteiger partial charge is 0.296 e. The Kier molecular flexibility index (Phi) is 4.00. The summed E-state index contributed by atoms with van der Waals surface area (Å²) in [6.45, 7) is 6.95. The smallest absolute Gasteiger partial charge is 0.258 e. The van der Waals surface area contributed by atoms with Crippen molar-refractivity contribution in [3.05, 3.63) is 26.4 Å². The van der Waals surface area contributed by atoms with Gasteiger partial charge in [-0.05, 0) is 49.0 Å². The van der Waals surface area contributed by atoms with Gasteiger partial charge in [0.1, 0.15) is 5.01 Å². The number of carbonyl (C=O) groups excluding carboxylic acids is 1. The molecule has 4 rings (SSSR count). The molecule has 1 N–H and O–H groups in total. The molecule has 0 spiro atoms. The number of amides is 1. The number of hydrogen-bond donors (Lipinski definition) is 1. The number of thiophene rings is 1.